The van der Waals surface area contributed by atoms with Gasteiger partial charge in [0.25, 0.3) is 0 Å². The first-order valence-electron chi connectivity index (χ1n) is 5.04. The Kier molecular flexibility index (Phi) is 3.24. The van der Waals surface area contributed by atoms with Crippen molar-refractivity contribution in [2.45, 2.75) is 0 Å². The lowest BCUT2D eigenvalue weighted by atomic mass is 10.1. The third-order valence-electron chi connectivity index (χ3n) is 2.21. The summed E-state index contributed by atoms with van der Waals surface area (Å²) in [4.78, 5) is 8.02. The highest BCUT2D eigenvalue weighted by Gasteiger charge is 1.92. The molecule has 0 aliphatic heterocycles. The molecule has 2 aromatic heterocycles. The summed E-state index contributed by atoms with van der Waals surface area (Å²) in [5, 5.41) is 0. The maximum absolute atomic E-state index is 4.04. The van der Waals surface area contributed by atoms with Gasteiger partial charge in [-0.25, -0.2) is 0 Å². The van der Waals surface area contributed by atoms with E-state index in [4.69, 9.17) is 0 Å². The third kappa shape index (κ3) is 2.64. The number of nitrogens with zero attached hydrogens (tertiary/aromatic N) is 2. The second kappa shape index (κ2) is 5.03. The Balaban J connectivity index is 2.12. The molecule has 2 nitrogen and oxygen atoms in total. The standard InChI is InChI=1S/C14H12N2/c1-12(14-6-9-15-10-7-14)4-5-13-3-2-8-16-11-13/h2-11H,1H2/b5-4+. The largest absolute Gasteiger partial charge is 0.265 e. The summed E-state index contributed by atoms with van der Waals surface area (Å²) < 4.78 is 0. The van der Waals surface area contributed by atoms with Crippen LogP contribution < -0.4 is 0 Å². The van der Waals surface area contributed by atoms with Gasteiger partial charge >= 0.3 is 0 Å². The summed E-state index contributed by atoms with van der Waals surface area (Å²) in [6.45, 7) is 4.01. The number of allylic oxidation sites excluding steroid dienone is 2. The minimum atomic E-state index is 0.964. The van der Waals surface area contributed by atoms with Crippen molar-refractivity contribution in [3.8, 4) is 0 Å². The highest BCUT2D eigenvalue weighted by Crippen LogP contribution is 2.13. The van der Waals surface area contributed by atoms with Crippen LogP contribution in [-0.2, 0) is 0 Å². The Morgan fingerprint density at radius 3 is 2.56 bits per heavy atom. The number of hydrogen-bond donors (Lipinski definition) is 0. The summed E-state index contributed by atoms with van der Waals surface area (Å²) in [7, 11) is 0. The van der Waals surface area contributed by atoms with E-state index >= 15 is 0 Å². The molecule has 78 valence electrons. The van der Waals surface area contributed by atoms with Crippen molar-refractivity contribution < 1.29 is 0 Å². The molecule has 0 N–H and O–H groups in total. The second-order valence-corrected chi connectivity index (χ2v) is 3.38. The van der Waals surface area contributed by atoms with Crippen LogP contribution in [0.3, 0.4) is 0 Å². The number of hydrogen-bond acceptors (Lipinski definition) is 2. The molecule has 2 aromatic rings. The van der Waals surface area contributed by atoms with E-state index in [2.05, 4.69) is 16.5 Å². The van der Waals surface area contributed by atoms with Gasteiger partial charge in [-0.2, -0.15) is 0 Å². The highest BCUT2D eigenvalue weighted by molar-refractivity contribution is 5.76. The Labute approximate surface area is 95.0 Å². The fraction of sp³-hybridized carbons (Fsp3) is 0. The monoisotopic (exact) mass is 208 g/mol. The zero-order valence-corrected chi connectivity index (χ0v) is 8.88. The molecule has 0 aliphatic rings. The average molecular weight is 208 g/mol. The molecule has 0 spiro atoms. The predicted molar refractivity (Wildman–Crippen MR) is 66.5 cm³/mol. The third-order valence-corrected chi connectivity index (χ3v) is 2.21. The van der Waals surface area contributed by atoms with Crippen LogP contribution in [0.25, 0.3) is 11.6 Å². The van der Waals surface area contributed by atoms with E-state index in [1.165, 1.54) is 0 Å². The van der Waals surface area contributed by atoms with Crippen LogP contribution in [0.4, 0.5) is 0 Å². The number of pyridine rings is 2. The molecule has 0 amide bonds. The fourth-order valence-corrected chi connectivity index (χ4v) is 1.33. The van der Waals surface area contributed by atoms with Crippen molar-refractivity contribution in [2.24, 2.45) is 0 Å². The minimum Gasteiger partial charge on any atom is -0.265 e. The molecule has 2 heterocycles. The number of rotatable bonds is 3. The summed E-state index contributed by atoms with van der Waals surface area (Å²) in [6.07, 6.45) is 11.1. The van der Waals surface area contributed by atoms with Crippen LogP contribution in [0.5, 0.6) is 0 Å². The molecule has 2 heteroatoms. The molecule has 0 atom stereocenters. The zero-order chi connectivity index (χ0) is 11.2. The Hall–Kier alpha value is -2.22. The van der Waals surface area contributed by atoms with Crippen molar-refractivity contribution in [3.63, 3.8) is 0 Å². The molecule has 0 bridgehead atoms. The SMILES string of the molecule is C=C(/C=C/c1cccnc1)c1ccncc1. The van der Waals surface area contributed by atoms with Crippen molar-refractivity contribution >= 4 is 11.6 Å². The predicted octanol–water partition coefficient (Wildman–Crippen LogP) is 3.20. The van der Waals surface area contributed by atoms with Gasteiger partial charge in [-0.1, -0.05) is 24.8 Å². The van der Waals surface area contributed by atoms with Gasteiger partial charge in [-0.15, -0.1) is 0 Å². The van der Waals surface area contributed by atoms with Gasteiger partial charge in [-0.3, -0.25) is 9.97 Å². The molecule has 0 aliphatic carbocycles. The maximum atomic E-state index is 4.04. The fourth-order valence-electron chi connectivity index (χ4n) is 1.33. The van der Waals surface area contributed by atoms with E-state index in [1.807, 2.05) is 42.6 Å². The number of aromatic nitrogens is 2. The molecule has 2 rings (SSSR count). The van der Waals surface area contributed by atoms with Crippen molar-refractivity contribution in [2.75, 3.05) is 0 Å². The molecular formula is C14H12N2. The molecule has 0 saturated heterocycles. The summed E-state index contributed by atoms with van der Waals surface area (Å²) in [5.41, 5.74) is 3.11. The Morgan fingerprint density at radius 1 is 1.06 bits per heavy atom. The Bertz CT molecular complexity index is 487. The van der Waals surface area contributed by atoms with Crippen LogP contribution in [0.2, 0.25) is 0 Å². The van der Waals surface area contributed by atoms with Gasteiger partial charge in [0.05, 0.1) is 0 Å². The highest BCUT2D eigenvalue weighted by atomic mass is 14.6. The smallest absolute Gasteiger partial charge is 0.0340 e. The van der Waals surface area contributed by atoms with Gasteiger partial charge in [0, 0.05) is 24.8 Å². The van der Waals surface area contributed by atoms with Crippen molar-refractivity contribution in [3.05, 3.63) is 72.8 Å². The first kappa shape index (κ1) is 10.3. The van der Waals surface area contributed by atoms with Crippen molar-refractivity contribution in [1.82, 2.24) is 9.97 Å². The minimum absolute atomic E-state index is 0.964. The van der Waals surface area contributed by atoms with E-state index in [0.29, 0.717) is 0 Å². The van der Waals surface area contributed by atoms with Crippen LogP contribution in [0.1, 0.15) is 11.1 Å². The second-order valence-electron chi connectivity index (χ2n) is 3.38. The van der Waals surface area contributed by atoms with Gasteiger partial charge < -0.3 is 0 Å². The first-order valence-corrected chi connectivity index (χ1v) is 5.04. The van der Waals surface area contributed by atoms with Gasteiger partial charge in [0.15, 0.2) is 0 Å². The summed E-state index contributed by atoms with van der Waals surface area (Å²) in [5.74, 6) is 0. The molecule has 0 radical (unpaired) electrons. The molecule has 0 unspecified atom stereocenters. The topological polar surface area (TPSA) is 25.8 Å². The van der Waals surface area contributed by atoms with Crippen LogP contribution in [0.15, 0.2) is 61.7 Å². The van der Waals surface area contributed by atoms with Crippen LogP contribution in [0, 0.1) is 0 Å². The lowest BCUT2D eigenvalue weighted by molar-refractivity contribution is 1.31. The normalized spacial score (nSPS) is 10.5. The Morgan fingerprint density at radius 2 is 1.88 bits per heavy atom. The van der Waals surface area contributed by atoms with E-state index in [0.717, 1.165) is 16.7 Å². The van der Waals surface area contributed by atoms with Gasteiger partial charge in [0.1, 0.15) is 0 Å². The van der Waals surface area contributed by atoms with E-state index in [1.54, 1.807) is 18.6 Å². The average Bonchev–Trinajstić information content (AvgIpc) is 2.38. The quantitative estimate of drug-likeness (QED) is 0.724. The van der Waals surface area contributed by atoms with E-state index in [-0.39, 0.29) is 0 Å². The molecular weight excluding hydrogens is 196 g/mol. The van der Waals surface area contributed by atoms with E-state index < -0.39 is 0 Å². The van der Waals surface area contributed by atoms with Gasteiger partial charge in [-0.05, 0) is 34.9 Å². The zero-order valence-electron chi connectivity index (χ0n) is 8.88. The van der Waals surface area contributed by atoms with E-state index in [9.17, 15) is 0 Å². The molecule has 0 saturated carbocycles. The molecule has 0 fully saturated rings. The van der Waals surface area contributed by atoms with Crippen LogP contribution >= 0.6 is 0 Å². The van der Waals surface area contributed by atoms with Crippen LogP contribution in [-0.4, -0.2) is 9.97 Å². The summed E-state index contributed by atoms with van der Waals surface area (Å²) in [6, 6.07) is 7.80. The van der Waals surface area contributed by atoms with Crippen molar-refractivity contribution in [1.29, 1.82) is 0 Å². The maximum Gasteiger partial charge on any atom is 0.0340 e. The lowest BCUT2D eigenvalue weighted by Gasteiger charge is -1.98. The summed E-state index contributed by atoms with van der Waals surface area (Å²) >= 11 is 0. The van der Waals surface area contributed by atoms with Gasteiger partial charge in [0.2, 0.25) is 0 Å². The lowest BCUT2D eigenvalue weighted by Crippen LogP contribution is -1.79. The first-order chi connectivity index (χ1) is 7.86. The molecule has 16 heavy (non-hydrogen) atoms. The molecule has 0 aromatic carbocycles.